The monoisotopic (exact) mass is 702 g/mol. The molecule has 2 aliphatic heterocycles. The number of fused-ring (bicyclic) bond motifs is 1. The number of nitrogens with one attached hydrogen (secondary N) is 1. The Kier molecular flexibility index (Phi) is 14.5. The van der Waals surface area contributed by atoms with Crippen LogP contribution in [0.2, 0.25) is 0 Å². The highest BCUT2D eigenvalue weighted by Gasteiger charge is 2.33. The lowest BCUT2D eigenvalue weighted by molar-refractivity contribution is -0.757. The zero-order chi connectivity index (χ0) is 35.8. The summed E-state index contributed by atoms with van der Waals surface area (Å²) in [7, 11) is 0. The summed E-state index contributed by atoms with van der Waals surface area (Å²) in [5.41, 5.74) is 5.80. The maximum absolute atomic E-state index is 13.1. The molecule has 0 aliphatic carbocycles. The Morgan fingerprint density at radius 1 is 0.941 bits per heavy atom. The number of anilines is 1. The Hall–Kier alpha value is -4.68. The van der Waals surface area contributed by atoms with Gasteiger partial charge in [-0.1, -0.05) is 54.6 Å². The molecule has 2 heterocycles. The first kappa shape index (κ1) is 37.6. The van der Waals surface area contributed by atoms with Crippen LogP contribution in [0, 0.1) is 10.1 Å². The fraction of sp³-hybridized carbons (Fsp3) is 0.487. The molecule has 12 heteroatoms. The molecule has 0 radical (unpaired) electrons. The van der Waals surface area contributed by atoms with Crippen LogP contribution >= 0.6 is 0 Å². The summed E-state index contributed by atoms with van der Waals surface area (Å²) in [5, 5.41) is 12.6. The molecule has 12 nitrogen and oxygen atoms in total. The fourth-order valence-corrected chi connectivity index (χ4v) is 6.73. The highest BCUT2D eigenvalue weighted by atomic mass is 16.9. The third kappa shape index (κ3) is 12.0. The quantitative estimate of drug-likeness (QED) is 0.0984. The van der Waals surface area contributed by atoms with Gasteiger partial charge >= 0.3 is 0 Å². The van der Waals surface area contributed by atoms with Gasteiger partial charge in [-0.2, -0.15) is 0 Å². The highest BCUT2D eigenvalue weighted by molar-refractivity contribution is 5.76. The van der Waals surface area contributed by atoms with Crippen LogP contribution in [0.4, 0.5) is 5.69 Å². The van der Waals surface area contributed by atoms with Crippen LogP contribution < -0.4 is 15.0 Å². The summed E-state index contributed by atoms with van der Waals surface area (Å²) >= 11 is 0. The summed E-state index contributed by atoms with van der Waals surface area (Å²) in [6.07, 6.45) is 3.79. The Bertz CT molecular complexity index is 1550. The van der Waals surface area contributed by atoms with Crippen LogP contribution in [0.3, 0.4) is 0 Å². The second-order valence-corrected chi connectivity index (χ2v) is 13.1. The van der Waals surface area contributed by atoms with Crippen molar-refractivity contribution in [2.45, 2.75) is 70.7 Å². The first-order valence-electron chi connectivity index (χ1n) is 18.0. The van der Waals surface area contributed by atoms with E-state index in [2.05, 4.69) is 45.4 Å². The van der Waals surface area contributed by atoms with E-state index in [-0.39, 0.29) is 43.3 Å². The predicted octanol–water partition coefficient (Wildman–Crippen LogP) is 5.45. The van der Waals surface area contributed by atoms with Crippen molar-refractivity contribution in [1.29, 1.82) is 0 Å². The van der Waals surface area contributed by atoms with Crippen LogP contribution in [-0.4, -0.2) is 80.4 Å². The summed E-state index contributed by atoms with van der Waals surface area (Å²) in [6.45, 7) is 6.84. The number of likely N-dealkylation sites (tertiary alicyclic amines) is 1. The topological polar surface area (TPSA) is 133 Å². The summed E-state index contributed by atoms with van der Waals surface area (Å²) < 4.78 is 18.4. The van der Waals surface area contributed by atoms with Gasteiger partial charge < -0.3 is 34.2 Å². The molecule has 2 unspecified atom stereocenters. The van der Waals surface area contributed by atoms with E-state index < -0.39 is 5.09 Å². The number of aryl methyl sites for hydroxylation is 1. The minimum Gasteiger partial charge on any atom is -0.494 e. The first-order valence-corrected chi connectivity index (χ1v) is 18.0. The van der Waals surface area contributed by atoms with Crippen molar-refractivity contribution in [1.82, 2.24) is 10.2 Å². The van der Waals surface area contributed by atoms with Crippen LogP contribution in [-0.2, 0) is 43.5 Å². The molecule has 2 amide bonds. The lowest BCUT2D eigenvalue weighted by Gasteiger charge is -2.39. The molecule has 0 spiro atoms. The SMILES string of the molecule is CC(=O)NCCN1CCCc2ccc(COC3CN(C(=O)CCCO[N+](=O)[O-])CCC3c3ccc(OCCCOCc4ccccc4)cc3)cc21. The van der Waals surface area contributed by atoms with E-state index in [0.29, 0.717) is 46.1 Å². The molecule has 274 valence electrons. The number of ether oxygens (including phenoxy) is 3. The van der Waals surface area contributed by atoms with Gasteiger partial charge in [-0.3, -0.25) is 9.59 Å². The molecule has 2 atom stereocenters. The van der Waals surface area contributed by atoms with E-state index in [1.54, 1.807) is 4.90 Å². The molecule has 1 fully saturated rings. The van der Waals surface area contributed by atoms with Gasteiger partial charge in [0, 0.05) is 64.1 Å². The molecule has 51 heavy (non-hydrogen) atoms. The molecule has 0 saturated carbocycles. The molecular weight excluding hydrogens is 652 g/mol. The van der Waals surface area contributed by atoms with Crippen molar-refractivity contribution >= 4 is 17.5 Å². The van der Waals surface area contributed by atoms with Crippen LogP contribution in [0.15, 0.2) is 72.8 Å². The van der Waals surface area contributed by atoms with E-state index in [1.165, 1.54) is 18.2 Å². The average molecular weight is 703 g/mol. The zero-order valence-corrected chi connectivity index (χ0v) is 29.5. The van der Waals surface area contributed by atoms with Crippen molar-refractivity contribution < 1.29 is 33.7 Å². The largest absolute Gasteiger partial charge is 0.494 e. The van der Waals surface area contributed by atoms with Crippen molar-refractivity contribution in [3.05, 3.63) is 105 Å². The Morgan fingerprint density at radius 2 is 1.76 bits per heavy atom. The van der Waals surface area contributed by atoms with Crippen LogP contribution in [0.5, 0.6) is 5.75 Å². The number of hydrogen-bond acceptors (Lipinski definition) is 9. The molecule has 0 bridgehead atoms. The lowest BCUT2D eigenvalue weighted by Crippen LogP contribution is -2.46. The minimum atomic E-state index is -0.833. The Labute approximate surface area is 300 Å². The standard InChI is InChI=1S/C39H50N4O8/c1-30(44)40-19-22-41-20-5-10-34-13-12-32(26-37(34)41)29-50-38-27-42(39(45)11-6-25-51-43(46)47)21-18-36(38)33-14-16-35(17-15-33)49-24-7-23-48-28-31-8-3-2-4-9-31/h2-4,8-9,12-17,26,36,38H,5-7,10-11,18-25,27-29H2,1H3,(H,40,44). The number of rotatable bonds is 19. The molecule has 5 rings (SSSR count). The van der Waals surface area contributed by atoms with Gasteiger partial charge in [-0.15, -0.1) is 10.1 Å². The van der Waals surface area contributed by atoms with Gasteiger partial charge in [-0.25, -0.2) is 0 Å². The van der Waals surface area contributed by atoms with E-state index in [1.807, 2.05) is 42.5 Å². The Balaban J connectivity index is 1.19. The normalized spacial score (nSPS) is 17.0. The van der Waals surface area contributed by atoms with Gasteiger partial charge in [0.15, 0.2) is 0 Å². The van der Waals surface area contributed by atoms with Crippen LogP contribution in [0.1, 0.15) is 67.2 Å². The van der Waals surface area contributed by atoms with Crippen molar-refractivity contribution in [3.63, 3.8) is 0 Å². The lowest BCUT2D eigenvalue weighted by atomic mass is 9.86. The molecule has 0 aromatic heterocycles. The fourth-order valence-electron chi connectivity index (χ4n) is 6.73. The number of amides is 2. The van der Waals surface area contributed by atoms with E-state index in [0.717, 1.165) is 61.2 Å². The molecule has 1 saturated heterocycles. The Morgan fingerprint density at radius 3 is 2.55 bits per heavy atom. The second kappa shape index (κ2) is 19.6. The maximum atomic E-state index is 13.1. The predicted molar refractivity (Wildman–Crippen MR) is 193 cm³/mol. The third-order valence-corrected chi connectivity index (χ3v) is 9.35. The maximum Gasteiger partial charge on any atom is 0.294 e. The second-order valence-electron chi connectivity index (χ2n) is 13.1. The molecule has 3 aromatic carbocycles. The molecular formula is C39H50N4O8. The number of carbonyl (C=O) groups is 2. The highest BCUT2D eigenvalue weighted by Crippen LogP contribution is 2.34. The number of piperidine rings is 1. The zero-order valence-electron chi connectivity index (χ0n) is 29.5. The molecule has 3 aromatic rings. The van der Waals surface area contributed by atoms with Crippen LogP contribution in [0.25, 0.3) is 0 Å². The number of benzene rings is 3. The first-order chi connectivity index (χ1) is 24.9. The van der Waals surface area contributed by atoms with Gasteiger partial charge in [0.25, 0.3) is 5.09 Å². The van der Waals surface area contributed by atoms with Gasteiger partial charge in [0.1, 0.15) is 5.75 Å². The van der Waals surface area contributed by atoms with Crippen molar-refractivity contribution in [2.24, 2.45) is 0 Å². The summed E-state index contributed by atoms with van der Waals surface area (Å²) in [4.78, 5) is 43.6. The third-order valence-electron chi connectivity index (χ3n) is 9.35. The van der Waals surface area contributed by atoms with Gasteiger partial charge in [0.05, 0.1) is 39.1 Å². The number of carbonyl (C=O) groups excluding carboxylic acids is 2. The number of nitrogens with zero attached hydrogens (tertiary/aromatic N) is 3. The molecule has 2 aliphatic rings. The average Bonchev–Trinajstić information content (AvgIpc) is 3.14. The van der Waals surface area contributed by atoms with Crippen molar-refractivity contribution in [3.8, 4) is 5.75 Å². The summed E-state index contributed by atoms with van der Waals surface area (Å²) in [5.74, 6) is 0.769. The van der Waals surface area contributed by atoms with E-state index in [4.69, 9.17) is 14.2 Å². The number of hydrogen-bond donors (Lipinski definition) is 1. The van der Waals surface area contributed by atoms with Crippen molar-refractivity contribution in [2.75, 3.05) is 57.4 Å². The molecule has 1 N–H and O–H groups in total. The smallest absolute Gasteiger partial charge is 0.294 e. The van der Waals surface area contributed by atoms with E-state index in [9.17, 15) is 19.7 Å². The minimum absolute atomic E-state index is 0.0312. The van der Waals surface area contributed by atoms with Gasteiger partial charge in [-0.05, 0) is 66.1 Å². The van der Waals surface area contributed by atoms with Gasteiger partial charge in [0.2, 0.25) is 11.8 Å². The van der Waals surface area contributed by atoms with E-state index >= 15 is 0 Å². The summed E-state index contributed by atoms with van der Waals surface area (Å²) in [6, 6.07) is 24.7.